The van der Waals surface area contributed by atoms with Gasteiger partial charge in [0.15, 0.2) is 6.04 Å². The van der Waals surface area contributed by atoms with Gasteiger partial charge in [-0.3, -0.25) is 4.79 Å². The first kappa shape index (κ1) is 21.3. The Kier molecular flexibility index (Phi) is 6.78. The van der Waals surface area contributed by atoms with Gasteiger partial charge in [-0.15, -0.1) is 0 Å². The molecule has 1 aromatic carbocycles. The maximum Gasteiger partial charge on any atom is 0.280 e. The number of carbonyl (C=O) groups excluding carboxylic acids is 1. The van der Waals surface area contributed by atoms with Gasteiger partial charge in [0.05, 0.1) is 31.1 Å². The van der Waals surface area contributed by atoms with Crippen LogP contribution in [0.5, 0.6) is 0 Å². The Bertz CT molecular complexity index is 765. The lowest BCUT2D eigenvalue weighted by Gasteiger charge is -2.35. The van der Waals surface area contributed by atoms with E-state index in [1.54, 1.807) is 16.4 Å². The fraction of sp³-hybridized carbons (Fsp3) is 0.667. The molecule has 7 heteroatoms. The third kappa shape index (κ3) is 4.42. The van der Waals surface area contributed by atoms with Gasteiger partial charge in [-0.05, 0) is 49.8 Å². The summed E-state index contributed by atoms with van der Waals surface area (Å²) in [5.41, 5.74) is 1.17. The number of hydrogen-bond acceptors (Lipinski definition) is 3. The highest BCUT2D eigenvalue weighted by atomic mass is 32.2. The average Bonchev–Trinajstić information content (AvgIpc) is 3.27. The quantitative estimate of drug-likeness (QED) is 0.767. The first-order valence-corrected chi connectivity index (χ1v) is 12.0. The molecule has 0 unspecified atom stereocenters. The van der Waals surface area contributed by atoms with Crippen molar-refractivity contribution in [1.29, 1.82) is 0 Å². The molecule has 0 spiro atoms. The number of nitrogens with one attached hydrogen (secondary N) is 1. The minimum atomic E-state index is -3.47. The molecule has 1 amide bonds. The maximum absolute atomic E-state index is 13.0. The topological polar surface area (TPSA) is 62.1 Å². The smallest absolute Gasteiger partial charge is 0.280 e. The summed E-state index contributed by atoms with van der Waals surface area (Å²) >= 11 is 0. The van der Waals surface area contributed by atoms with E-state index < -0.39 is 10.0 Å². The zero-order valence-corrected chi connectivity index (χ0v) is 18.2. The molecule has 28 heavy (non-hydrogen) atoms. The molecule has 0 radical (unpaired) electrons. The average molecular weight is 409 g/mol. The molecular formula is C21H34N3O3S+. The minimum Gasteiger partial charge on any atom is -0.338 e. The van der Waals surface area contributed by atoms with Crippen molar-refractivity contribution in [2.45, 2.75) is 56.9 Å². The van der Waals surface area contributed by atoms with E-state index in [0.717, 1.165) is 32.4 Å². The molecule has 2 fully saturated rings. The van der Waals surface area contributed by atoms with Gasteiger partial charge in [0.25, 0.3) is 5.91 Å². The summed E-state index contributed by atoms with van der Waals surface area (Å²) in [7, 11) is -3.47. The van der Waals surface area contributed by atoms with E-state index in [0.29, 0.717) is 37.0 Å². The summed E-state index contributed by atoms with van der Waals surface area (Å²) in [6.45, 7) is 10.3. The first-order valence-electron chi connectivity index (χ1n) is 10.6. The van der Waals surface area contributed by atoms with Crippen LogP contribution >= 0.6 is 0 Å². The Hall–Kier alpha value is -1.44. The van der Waals surface area contributed by atoms with Crippen LogP contribution in [0.25, 0.3) is 0 Å². The van der Waals surface area contributed by atoms with E-state index in [-0.39, 0.29) is 11.9 Å². The zero-order valence-electron chi connectivity index (χ0n) is 17.4. The number of sulfonamides is 1. The summed E-state index contributed by atoms with van der Waals surface area (Å²) < 4.78 is 27.6. The first-order chi connectivity index (χ1) is 13.3. The molecule has 6 nitrogen and oxygen atoms in total. The van der Waals surface area contributed by atoms with Gasteiger partial charge in [0, 0.05) is 13.1 Å². The van der Waals surface area contributed by atoms with Gasteiger partial charge in [-0.1, -0.05) is 26.0 Å². The fourth-order valence-corrected chi connectivity index (χ4v) is 5.63. The third-order valence-corrected chi connectivity index (χ3v) is 8.38. The predicted molar refractivity (Wildman–Crippen MR) is 110 cm³/mol. The fourth-order valence-electron chi connectivity index (χ4n) is 4.19. The molecular weight excluding hydrogens is 374 g/mol. The van der Waals surface area contributed by atoms with E-state index >= 15 is 0 Å². The summed E-state index contributed by atoms with van der Waals surface area (Å²) in [5, 5.41) is 0. The van der Waals surface area contributed by atoms with Crippen LogP contribution in [0.1, 0.15) is 51.5 Å². The summed E-state index contributed by atoms with van der Waals surface area (Å²) in [6, 6.07) is 7.22. The summed E-state index contributed by atoms with van der Waals surface area (Å²) in [4.78, 5) is 16.1. The molecule has 1 N–H and O–H groups in total. The van der Waals surface area contributed by atoms with Crippen molar-refractivity contribution in [3.05, 3.63) is 29.8 Å². The number of rotatable bonds is 6. The number of carbonyl (C=O) groups is 1. The molecule has 2 heterocycles. The lowest BCUT2D eigenvalue weighted by molar-refractivity contribution is -0.918. The molecule has 2 aliphatic rings. The normalized spacial score (nSPS) is 21.6. The van der Waals surface area contributed by atoms with E-state index in [1.807, 2.05) is 24.0 Å². The molecule has 3 rings (SSSR count). The largest absolute Gasteiger partial charge is 0.338 e. The van der Waals surface area contributed by atoms with Crippen LogP contribution in [0.15, 0.2) is 29.2 Å². The van der Waals surface area contributed by atoms with Gasteiger partial charge in [-0.25, -0.2) is 8.42 Å². The standard InChI is InChI=1S/C21H33N3O3S/c1-4-17(2)19-7-9-20(10-8-19)28(26,27)24-15-13-22(14-16-24)18(3)21(25)23-11-5-6-12-23/h7-10,17-18H,4-6,11-16H2,1-3H3/p+1/t17-,18+/m1/s1. The van der Waals surface area contributed by atoms with Crippen LogP contribution in [0.4, 0.5) is 0 Å². The van der Waals surface area contributed by atoms with Crippen molar-refractivity contribution < 1.29 is 18.1 Å². The van der Waals surface area contributed by atoms with Crippen molar-refractivity contribution in [3.8, 4) is 0 Å². The maximum atomic E-state index is 13.0. The molecule has 0 aliphatic carbocycles. The number of likely N-dealkylation sites (tertiary alicyclic amines) is 1. The van der Waals surface area contributed by atoms with Crippen LogP contribution in [-0.2, 0) is 14.8 Å². The summed E-state index contributed by atoms with van der Waals surface area (Å²) in [6.07, 6.45) is 3.22. The molecule has 0 saturated carbocycles. The number of quaternary nitrogens is 1. The lowest BCUT2D eigenvalue weighted by Crippen LogP contribution is -3.19. The minimum absolute atomic E-state index is 0.0993. The lowest BCUT2D eigenvalue weighted by atomic mass is 9.99. The van der Waals surface area contributed by atoms with Gasteiger partial charge in [0.2, 0.25) is 10.0 Å². The Labute approximate surface area is 169 Å². The molecule has 0 bridgehead atoms. The summed E-state index contributed by atoms with van der Waals surface area (Å²) in [5.74, 6) is 0.642. The van der Waals surface area contributed by atoms with Crippen molar-refractivity contribution in [2.75, 3.05) is 39.3 Å². The number of amides is 1. The third-order valence-electron chi connectivity index (χ3n) is 6.46. The highest BCUT2D eigenvalue weighted by Crippen LogP contribution is 2.22. The highest BCUT2D eigenvalue weighted by Gasteiger charge is 2.36. The molecule has 1 aromatic rings. The Morgan fingerprint density at radius 2 is 1.61 bits per heavy atom. The second-order valence-corrected chi connectivity index (χ2v) is 10.1. The van der Waals surface area contributed by atoms with Crippen LogP contribution < -0.4 is 4.90 Å². The molecule has 2 aliphatic heterocycles. The van der Waals surface area contributed by atoms with Crippen LogP contribution in [-0.4, -0.2) is 68.8 Å². The predicted octanol–water partition coefficient (Wildman–Crippen LogP) is 1.10. The highest BCUT2D eigenvalue weighted by molar-refractivity contribution is 7.89. The van der Waals surface area contributed by atoms with Gasteiger partial charge in [0.1, 0.15) is 0 Å². The SMILES string of the molecule is CC[C@@H](C)c1ccc(S(=O)(=O)N2CC[NH+]([C@@H](C)C(=O)N3CCCC3)CC2)cc1. The van der Waals surface area contributed by atoms with E-state index in [4.69, 9.17) is 0 Å². The van der Waals surface area contributed by atoms with Crippen molar-refractivity contribution in [1.82, 2.24) is 9.21 Å². The molecule has 2 atom stereocenters. The zero-order chi connectivity index (χ0) is 20.3. The number of hydrogen-bond donors (Lipinski definition) is 1. The van der Waals surface area contributed by atoms with E-state index in [9.17, 15) is 13.2 Å². The van der Waals surface area contributed by atoms with Crippen molar-refractivity contribution >= 4 is 15.9 Å². The number of piperazine rings is 1. The second-order valence-electron chi connectivity index (χ2n) is 8.19. The molecule has 0 aromatic heterocycles. The van der Waals surface area contributed by atoms with E-state index in [1.165, 1.54) is 10.5 Å². The second kappa shape index (κ2) is 8.93. The Morgan fingerprint density at radius 1 is 1.04 bits per heavy atom. The van der Waals surface area contributed by atoms with Crippen LogP contribution in [0.3, 0.4) is 0 Å². The van der Waals surface area contributed by atoms with E-state index in [2.05, 4.69) is 13.8 Å². The van der Waals surface area contributed by atoms with Crippen LogP contribution in [0, 0.1) is 0 Å². The number of nitrogens with zero attached hydrogens (tertiary/aromatic N) is 2. The van der Waals surface area contributed by atoms with Gasteiger partial charge < -0.3 is 9.80 Å². The van der Waals surface area contributed by atoms with Gasteiger partial charge >= 0.3 is 0 Å². The van der Waals surface area contributed by atoms with Gasteiger partial charge in [-0.2, -0.15) is 4.31 Å². The molecule has 2 saturated heterocycles. The van der Waals surface area contributed by atoms with Crippen molar-refractivity contribution in [3.63, 3.8) is 0 Å². The number of benzene rings is 1. The molecule has 156 valence electrons. The Balaban J connectivity index is 1.61. The monoisotopic (exact) mass is 408 g/mol. The Morgan fingerprint density at radius 3 is 2.14 bits per heavy atom. The van der Waals surface area contributed by atoms with Crippen molar-refractivity contribution in [2.24, 2.45) is 0 Å². The van der Waals surface area contributed by atoms with Crippen LogP contribution in [0.2, 0.25) is 0 Å².